The first-order valence-corrected chi connectivity index (χ1v) is 5.50. The molecule has 0 aliphatic heterocycles. The summed E-state index contributed by atoms with van der Waals surface area (Å²) in [6.07, 6.45) is 6.61. The fourth-order valence-corrected chi connectivity index (χ4v) is 1.83. The molecule has 1 fully saturated rings. The van der Waals surface area contributed by atoms with E-state index in [1.54, 1.807) is 11.9 Å². The van der Waals surface area contributed by atoms with Crippen LogP contribution in [0.3, 0.4) is 0 Å². The SMILES string of the molecule is CN(CC1CCC1)C(=O)c1cncc(N)n1. The summed E-state index contributed by atoms with van der Waals surface area (Å²) in [7, 11) is 1.80. The number of hydrogen-bond acceptors (Lipinski definition) is 4. The molecule has 2 rings (SSSR count). The standard InChI is InChI=1S/C11H16N4O/c1-15(7-8-3-2-4-8)11(16)9-5-13-6-10(12)14-9/h5-6,8H,2-4,7H2,1H3,(H2,12,14). The predicted octanol–water partition coefficient (Wildman–Crippen LogP) is 0.931. The van der Waals surface area contributed by atoms with Gasteiger partial charge in [0.15, 0.2) is 0 Å². The summed E-state index contributed by atoms with van der Waals surface area (Å²) in [5, 5.41) is 0. The Labute approximate surface area is 94.7 Å². The number of anilines is 1. The summed E-state index contributed by atoms with van der Waals surface area (Å²) in [6, 6.07) is 0. The number of amides is 1. The minimum Gasteiger partial charge on any atom is -0.382 e. The van der Waals surface area contributed by atoms with Crippen molar-refractivity contribution in [1.29, 1.82) is 0 Å². The van der Waals surface area contributed by atoms with Crippen LogP contribution in [0.15, 0.2) is 12.4 Å². The zero-order chi connectivity index (χ0) is 11.5. The minimum atomic E-state index is -0.105. The number of carbonyl (C=O) groups is 1. The lowest BCUT2D eigenvalue weighted by atomic mass is 9.85. The molecule has 0 aromatic carbocycles. The van der Waals surface area contributed by atoms with Gasteiger partial charge in [-0.2, -0.15) is 0 Å². The monoisotopic (exact) mass is 220 g/mol. The Morgan fingerprint density at radius 1 is 1.56 bits per heavy atom. The van der Waals surface area contributed by atoms with Crippen LogP contribution in [0.25, 0.3) is 0 Å². The molecule has 0 radical (unpaired) electrons. The number of rotatable bonds is 3. The highest BCUT2D eigenvalue weighted by Gasteiger charge is 2.22. The second kappa shape index (κ2) is 4.47. The maximum atomic E-state index is 11.9. The number of carbonyl (C=O) groups excluding carboxylic acids is 1. The highest BCUT2D eigenvalue weighted by molar-refractivity contribution is 5.92. The van der Waals surface area contributed by atoms with Crippen LogP contribution in [0, 0.1) is 5.92 Å². The van der Waals surface area contributed by atoms with Gasteiger partial charge < -0.3 is 10.6 Å². The summed E-state index contributed by atoms with van der Waals surface area (Å²) in [4.78, 5) is 21.5. The third-order valence-corrected chi connectivity index (χ3v) is 2.98. The molecule has 0 atom stereocenters. The summed E-state index contributed by atoms with van der Waals surface area (Å²) in [6.45, 7) is 0.801. The van der Waals surface area contributed by atoms with Gasteiger partial charge in [0.2, 0.25) is 0 Å². The van der Waals surface area contributed by atoms with Crippen LogP contribution in [0.1, 0.15) is 29.8 Å². The molecular formula is C11H16N4O. The molecule has 0 saturated heterocycles. The van der Waals surface area contributed by atoms with Crippen molar-refractivity contribution in [3.05, 3.63) is 18.1 Å². The van der Waals surface area contributed by atoms with E-state index in [9.17, 15) is 4.79 Å². The lowest BCUT2D eigenvalue weighted by Crippen LogP contribution is -2.34. The lowest BCUT2D eigenvalue weighted by Gasteiger charge is -2.29. The Kier molecular flexibility index (Phi) is 3.03. The summed E-state index contributed by atoms with van der Waals surface area (Å²) in [5.41, 5.74) is 5.81. The third-order valence-electron chi connectivity index (χ3n) is 2.98. The van der Waals surface area contributed by atoms with Gasteiger partial charge in [-0.1, -0.05) is 6.42 Å². The average molecular weight is 220 g/mol. The predicted molar refractivity (Wildman–Crippen MR) is 60.7 cm³/mol. The normalized spacial score (nSPS) is 15.6. The average Bonchev–Trinajstić information content (AvgIpc) is 2.22. The molecule has 1 aliphatic rings. The van der Waals surface area contributed by atoms with Crippen LogP contribution >= 0.6 is 0 Å². The Bertz CT molecular complexity index is 389. The molecule has 16 heavy (non-hydrogen) atoms. The summed E-state index contributed by atoms with van der Waals surface area (Å²) >= 11 is 0. The molecule has 0 bridgehead atoms. The molecule has 1 saturated carbocycles. The van der Waals surface area contributed by atoms with Crippen LogP contribution in [0.2, 0.25) is 0 Å². The molecular weight excluding hydrogens is 204 g/mol. The van der Waals surface area contributed by atoms with Crippen molar-refractivity contribution < 1.29 is 4.79 Å². The topological polar surface area (TPSA) is 72.1 Å². The van der Waals surface area contributed by atoms with Crippen molar-refractivity contribution >= 4 is 11.7 Å². The van der Waals surface area contributed by atoms with Gasteiger partial charge in [-0.15, -0.1) is 0 Å². The number of nitrogen functional groups attached to an aromatic ring is 1. The molecule has 1 amide bonds. The maximum absolute atomic E-state index is 11.9. The molecule has 1 heterocycles. The second-order valence-corrected chi connectivity index (χ2v) is 4.31. The quantitative estimate of drug-likeness (QED) is 0.822. The van der Waals surface area contributed by atoms with Gasteiger partial charge in [-0.3, -0.25) is 9.78 Å². The van der Waals surface area contributed by atoms with Gasteiger partial charge in [-0.05, 0) is 18.8 Å². The molecule has 86 valence electrons. The largest absolute Gasteiger partial charge is 0.382 e. The molecule has 5 nitrogen and oxygen atoms in total. The molecule has 0 unspecified atom stereocenters. The first-order valence-electron chi connectivity index (χ1n) is 5.50. The molecule has 2 N–H and O–H groups in total. The van der Waals surface area contributed by atoms with Crippen LogP contribution in [-0.2, 0) is 0 Å². The van der Waals surface area contributed by atoms with Crippen molar-refractivity contribution in [3.8, 4) is 0 Å². The first kappa shape index (κ1) is 10.9. The van der Waals surface area contributed by atoms with Crippen molar-refractivity contribution in [2.45, 2.75) is 19.3 Å². The lowest BCUT2D eigenvalue weighted by molar-refractivity contribution is 0.0739. The van der Waals surface area contributed by atoms with E-state index in [1.165, 1.54) is 31.7 Å². The Morgan fingerprint density at radius 3 is 2.88 bits per heavy atom. The van der Waals surface area contributed by atoms with Crippen LogP contribution in [0.4, 0.5) is 5.82 Å². The van der Waals surface area contributed by atoms with Gasteiger partial charge >= 0.3 is 0 Å². The van der Waals surface area contributed by atoms with Gasteiger partial charge in [0.25, 0.3) is 5.91 Å². The van der Waals surface area contributed by atoms with E-state index >= 15 is 0 Å². The Hall–Kier alpha value is -1.65. The van der Waals surface area contributed by atoms with Crippen molar-refractivity contribution in [3.63, 3.8) is 0 Å². The fraction of sp³-hybridized carbons (Fsp3) is 0.545. The smallest absolute Gasteiger partial charge is 0.273 e. The second-order valence-electron chi connectivity index (χ2n) is 4.31. The van der Waals surface area contributed by atoms with E-state index in [1.807, 2.05) is 0 Å². The van der Waals surface area contributed by atoms with E-state index in [2.05, 4.69) is 9.97 Å². The van der Waals surface area contributed by atoms with Gasteiger partial charge in [-0.25, -0.2) is 4.98 Å². The van der Waals surface area contributed by atoms with Crippen molar-refractivity contribution in [2.24, 2.45) is 5.92 Å². The zero-order valence-corrected chi connectivity index (χ0v) is 9.39. The molecule has 5 heteroatoms. The summed E-state index contributed by atoms with van der Waals surface area (Å²) < 4.78 is 0. The van der Waals surface area contributed by atoms with E-state index in [0.29, 0.717) is 11.6 Å². The number of aromatic nitrogens is 2. The first-order chi connectivity index (χ1) is 7.66. The van der Waals surface area contributed by atoms with Crippen molar-refractivity contribution in [1.82, 2.24) is 14.9 Å². The molecule has 1 aliphatic carbocycles. The van der Waals surface area contributed by atoms with Crippen LogP contribution < -0.4 is 5.73 Å². The molecule has 0 spiro atoms. The molecule has 1 aromatic heterocycles. The highest BCUT2D eigenvalue weighted by Crippen LogP contribution is 2.26. The van der Waals surface area contributed by atoms with E-state index in [-0.39, 0.29) is 11.7 Å². The van der Waals surface area contributed by atoms with Gasteiger partial charge in [0.05, 0.1) is 12.4 Å². The maximum Gasteiger partial charge on any atom is 0.273 e. The van der Waals surface area contributed by atoms with Gasteiger partial charge in [0, 0.05) is 13.6 Å². The highest BCUT2D eigenvalue weighted by atomic mass is 16.2. The van der Waals surface area contributed by atoms with E-state index < -0.39 is 0 Å². The van der Waals surface area contributed by atoms with Crippen molar-refractivity contribution in [2.75, 3.05) is 19.3 Å². The fourth-order valence-electron chi connectivity index (χ4n) is 1.83. The zero-order valence-electron chi connectivity index (χ0n) is 9.39. The number of nitrogens with zero attached hydrogens (tertiary/aromatic N) is 3. The van der Waals surface area contributed by atoms with Crippen LogP contribution in [0.5, 0.6) is 0 Å². The van der Waals surface area contributed by atoms with E-state index in [4.69, 9.17) is 5.73 Å². The van der Waals surface area contributed by atoms with Crippen LogP contribution in [-0.4, -0.2) is 34.4 Å². The Morgan fingerprint density at radius 2 is 2.31 bits per heavy atom. The van der Waals surface area contributed by atoms with E-state index in [0.717, 1.165) is 6.54 Å². The number of nitrogens with two attached hydrogens (primary N) is 1. The number of hydrogen-bond donors (Lipinski definition) is 1. The minimum absolute atomic E-state index is 0.105. The summed E-state index contributed by atoms with van der Waals surface area (Å²) in [5.74, 6) is 0.831. The van der Waals surface area contributed by atoms with Gasteiger partial charge in [0.1, 0.15) is 11.5 Å². The molecule has 1 aromatic rings. The third kappa shape index (κ3) is 2.29. The Balaban J connectivity index is 2.00.